The first kappa shape index (κ1) is 22.0. The molecule has 1 saturated heterocycles. The molecular weight excluding hydrogens is 402 g/mol. The van der Waals surface area contributed by atoms with E-state index in [0.29, 0.717) is 38.4 Å². The molecule has 0 spiro atoms. The molecule has 30 heavy (non-hydrogen) atoms. The third-order valence-corrected chi connectivity index (χ3v) is 7.15. The maximum absolute atomic E-state index is 12.9. The fraction of sp³-hybridized carbons (Fsp3) is 0.364. The highest BCUT2D eigenvalue weighted by atomic mass is 32.2. The number of carbonyl (C=O) groups excluding carboxylic acids is 1. The molecule has 0 saturated carbocycles. The highest BCUT2D eigenvalue weighted by Crippen LogP contribution is 2.26. The van der Waals surface area contributed by atoms with Gasteiger partial charge in [0.15, 0.2) is 0 Å². The van der Waals surface area contributed by atoms with E-state index >= 15 is 0 Å². The minimum absolute atomic E-state index is 0.136. The second kappa shape index (κ2) is 9.40. The summed E-state index contributed by atoms with van der Waals surface area (Å²) in [6, 6.07) is 13.1. The second-order valence-electron chi connectivity index (χ2n) is 7.57. The molecule has 0 radical (unpaired) electrons. The maximum atomic E-state index is 12.9. The molecule has 2 aromatic rings. The number of sulfonamides is 1. The van der Waals surface area contributed by atoms with Crippen LogP contribution in [0.15, 0.2) is 66.2 Å². The quantitative estimate of drug-likeness (QED) is 0.652. The van der Waals surface area contributed by atoms with Crippen LogP contribution < -0.4 is 10.1 Å². The summed E-state index contributed by atoms with van der Waals surface area (Å²) in [5.41, 5.74) is 0.726. The van der Waals surface area contributed by atoms with Crippen LogP contribution in [0.3, 0.4) is 0 Å². The topological polar surface area (TPSA) is 88.6 Å². The lowest BCUT2D eigenvalue weighted by Gasteiger charge is -2.39. The summed E-state index contributed by atoms with van der Waals surface area (Å²) in [7, 11) is -3.64. The smallest absolute Gasteiger partial charge is 0.244 e. The van der Waals surface area contributed by atoms with Gasteiger partial charge in [0, 0.05) is 31.1 Å². The Morgan fingerprint density at radius 2 is 1.93 bits per heavy atom. The molecule has 1 aromatic heterocycles. The molecule has 1 fully saturated rings. The highest BCUT2D eigenvalue weighted by Gasteiger charge is 2.36. The number of nitrogens with zero attached hydrogens (tertiary/aromatic N) is 2. The van der Waals surface area contributed by atoms with Crippen molar-refractivity contribution in [3.05, 3.63) is 66.9 Å². The van der Waals surface area contributed by atoms with E-state index in [0.717, 1.165) is 12.0 Å². The minimum Gasteiger partial charge on any atom is -0.477 e. The van der Waals surface area contributed by atoms with Crippen molar-refractivity contribution in [3.8, 4) is 5.88 Å². The van der Waals surface area contributed by atoms with Crippen molar-refractivity contribution in [2.45, 2.75) is 36.6 Å². The average Bonchev–Trinajstić information content (AvgIpc) is 2.75. The number of benzene rings is 1. The van der Waals surface area contributed by atoms with Crippen molar-refractivity contribution in [2.75, 3.05) is 19.7 Å². The number of aromatic nitrogens is 1. The zero-order valence-corrected chi connectivity index (χ0v) is 17.9. The molecule has 0 unspecified atom stereocenters. The molecule has 0 atom stereocenters. The van der Waals surface area contributed by atoms with E-state index in [2.05, 4.69) is 16.9 Å². The molecule has 1 amide bonds. The first-order chi connectivity index (χ1) is 14.3. The number of carbonyl (C=O) groups is 1. The number of hydrogen-bond donors (Lipinski definition) is 1. The maximum Gasteiger partial charge on any atom is 0.244 e. The molecular formula is C22H27N3O4S. The van der Waals surface area contributed by atoms with Crippen LogP contribution in [0.1, 0.15) is 25.3 Å². The zero-order valence-electron chi connectivity index (χ0n) is 17.1. The summed E-state index contributed by atoms with van der Waals surface area (Å²) in [6.45, 7) is 6.49. The lowest BCUT2D eigenvalue weighted by Crippen LogP contribution is -2.53. The SMILES string of the molecule is C=CC(=O)NC1(C)CCN(S(=O)(=O)c2ccc(OCCc3ccccc3)nc2)CC1. The summed E-state index contributed by atoms with van der Waals surface area (Å²) in [6.07, 6.45) is 4.36. The Kier molecular flexibility index (Phi) is 6.89. The number of ether oxygens (including phenoxy) is 1. The fourth-order valence-corrected chi connectivity index (χ4v) is 4.75. The monoisotopic (exact) mass is 429 g/mol. The van der Waals surface area contributed by atoms with Gasteiger partial charge in [-0.15, -0.1) is 0 Å². The Bertz CT molecular complexity index is 967. The van der Waals surface area contributed by atoms with Gasteiger partial charge in [0.25, 0.3) is 0 Å². The van der Waals surface area contributed by atoms with Crippen LogP contribution in [0.25, 0.3) is 0 Å². The fourth-order valence-electron chi connectivity index (χ4n) is 3.37. The summed E-state index contributed by atoms with van der Waals surface area (Å²) in [5.74, 6) is 0.143. The molecule has 7 nitrogen and oxygen atoms in total. The van der Waals surface area contributed by atoms with Gasteiger partial charge in [-0.3, -0.25) is 4.79 Å². The van der Waals surface area contributed by atoms with E-state index in [1.54, 1.807) is 6.07 Å². The molecule has 8 heteroatoms. The van der Waals surface area contributed by atoms with Gasteiger partial charge in [0.05, 0.1) is 12.8 Å². The van der Waals surface area contributed by atoms with Crippen molar-refractivity contribution >= 4 is 15.9 Å². The zero-order chi connectivity index (χ0) is 21.6. The van der Waals surface area contributed by atoms with Gasteiger partial charge in [0.1, 0.15) is 4.90 Å². The molecule has 3 rings (SSSR count). The average molecular weight is 430 g/mol. The van der Waals surface area contributed by atoms with E-state index in [9.17, 15) is 13.2 Å². The van der Waals surface area contributed by atoms with Crippen LogP contribution in [0, 0.1) is 0 Å². The number of amides is 1. The van der Waals surface area contributed by atoms with Gasteiger partial charge in [-0.25, -0.2) is 13.4 Å². The van der Waals surface area contributed by atoms with Crippen LogP contribution in [0.5, 0.6) is 5.88 Å². The molecule has 1 aromatic carbocycles. The van der Waals surface area contributed by atoms with Crippen LogP contribution in [0.4, 0.5) is 0 Å². The largest absolute Gasteiger partial charge is 0.477 e. The van der Waals surface area contributed by atoms with E-state index in [1.165, 1.54) is 22.6 Å². The number of pyridine rings is 1. The highest BCUT2D eigenvalue weighted by molar-refractivity contribution is 7.89. The first-order valence-electron chi connectivity index (χ1n) is 9.90. The van der Waals surface area contributed by atoms with Gasteiger partial charge in [0.2, 0.25) is 21.8 Å². The number of nitrogens with one attached hydrogen (secondary N) is 1. The van der Waals surface area contributed by atoms with Gasteiger partial charge in [-0.1, -0.05) is 36.9 Å². The standard InChI is InChI=1S/C22H27N3O4S/c1-3-20(26)24-22(2)12-14-25(15-13-22)30(27,28)19-9-10-21(23-17-19)29-16-11-18-7-5-4-6-8-18/h3-10,17H,1,11-16H2,2H3,(H,24,26). The van der Waals surface area contributed by atoms with E-state index in [1.807, 2.05) is 37.3 Å². The van der Waals surface area contributed by atoms with Crippen LogP contribution >= 0.6 is 0 Å². The number of piperidine rings is 1. The van der Waals surface area contributed by atoms with Crippen molar-refractivity contribution in [1.29, 1.82) is 0 Å². The molecule has 1 aliphatic heterocycles. The second-order valence-corrected chi connectivity index (χ2v) is 9.51. The Morgan fingerprint density at radius 3 is 2.53 bits per heavy atom. The number of rotatable bonds is 8. The van der Waals surface area contributed by atoms with Gasteiger partial charge >= 0.3 is 0 Å². The Morgan fingerprint density at radius 1 is 1.23 bits per heavy atom. The third kappa shape index (κ3) is 5.46. The van der Waals surface area contributed by atoms with Crippen molar-refractivity contribution in [3.63, 3.8) is 0 Å². The molecule has 160 valence electrons. The predicted octanol–water partition coefficient (Wildman–Crippen LogP) is 2.55. The minimum atomic E-state index is -3.64. The van der Waals surface area contributed by atoms with E-state index in [4.69, 9.17) is 4.74 Å². The summed E-state index contributed by atoms with van der Waals surface area (Å²) < 4.78 is 32.9. The van der Waals surface area contributed by atoms with E-state index in [-0.39, 0.29) is 10.8 Å². The molecule has 1 N–H and O–H groups in total. The van der Waals surface area contributed by atoms with Crippen LogP contribution in [-0.2, 0) is 21.2 Å². The van der Waals surface area contributed by atoms with Crippen molar-refractivity contribution in [1.82, 2.24) is 14.6 Å². The van der Waals surface area contributed by atoms with Crippen LogP contribution in [-0.4, -0.2) is 48.8 Å². The van der Waals surface area contributed by atoms with E-state index < -0.39 is 15.6 Å². The van der Waals surface area contributed by atoms with Crippen molar-refractivity contribution < 1.29 is 17.9 Å². The van der Waals surface area contributed by atoms with Gasteiger partial charge in [-0.05, 0) is 37.5 Å². The molecule has 0 bridgehead atoms. The van der Waals surface area contributed by atoms with Gasteiger partial charge in [-0.2, -0.15) is 4.31 Å². The normalized spacial score (nSPS) is 16.6. The van der Waals surface area contributed by atoms with Crippen molar-refractivity contribution in [2.24, 2.45) is 0 Å². The Balaban J connectivity index is 1.56. The lowest BCUT2D eigenvalue weighted by atomic mass is 9.90. The van der Waals surface area contributed by atoms with Crippen LogP contribution in [0.2, 0.25) is 0 Å². The summed E-state index contributed by atoms with van der Waals surface area (Å²) >= 11 is 0. The first-order valence-corrected chi connectivity index (χ1v) is 11.3. The Hall–Kier alpha value is -2.71. The Labute approximate surface area is 177 Å². The van der Waals surface area contributed by atoms with Gasteiger partial charge < -0.3 is 10.1 Å². The summed E-state index contributed by atoms with van der Waals surface area (Å²) in [5, 5.41) is 2.89. The summed E-state index contributed by atoms with van der Waals surface area (Å²) in [4.78, 5) is 15.9. The molecule has 0 aliphatic carbocycles. The lowest BCUT2D eigenvalue weighted by molar-refractivity contribution is -0.118. The number of hydrogen-bond acceptors (Lipinski definition) is 5. The molecule has 1 aliphatic rings. The predicted molar refractivity (Wildman–Crippen MR) is 115 cm³/mol. The molecule has 2 heterocycles. The third-order valence-electron chi connectivity index (χ3n) is 5.27.